The fraction of sp³-hybridized carbons (Fsp3) is 0.583. The Morgan fingerprint density at radius 1 is 1.56 bits per heavy atom. The van der Waals surface area contributed by atoms with E-state index in [0.29, 0.717) is 5.02 Å². The van der Waals surface area contributed by atoms with Crippen molar-refractivity contribution in [3.63, 3.8) is 0 Å². The van der Waals surface area contributed by atoms with Gasteiger partial charge in [-0.05, 0) is 37.8 Å². The van der Waals surface area contributed by atoms with Crippen molar-refractivity contribution in [1.82, 2.24) is 4.98 Å². The van der Waals surface area contributed by atoms with E-state index in [1.165, 1.54) is 0 Å². The van der Waals surface area contributed by atoms with Gasteiger partial charge in [-0.15, -0.1) is 0 Å². The molecule has 90 valence electrons. The highest BCUT2D eigenvalue weighted by Crippen LogP contribution is 2.15. The lowest BCUT2D eigenvalue weighted by atomic mass is 10.0. The molecule has 2 N–H and O–H groups in total. The molecular formula is C12H19ClN2O. The molecule has 0 bridgehead atoms. The van der Waals surface area contributed by atoms with E-state index in [2.05, 4.69) is 4.98 Å². The van der Waals surface area contributed by atoms with Gasteiger partial charge in [0, 0.05) is 31.6 Å². The molecule has 16 heavy (non-hydrogen) atoms. The average molecular weight is 243 g/mol. The van der Waals surface area contributed by atoms with Gasteiger partial charge in [0.15, 0.2) is 0 Å². The molecule has 1 atom stereocenters. The molecule has 1 unspecified atom stereocenters. The molecule has 3 nitrogen and oxygen atoms in total. The molecule has 0 aromatic carbocycles. The third kappa shape index (κ3) is 4.92. The van der Waals surface area contributed by atoms with Gasteiger partial charge in [0.05, 0.1) is 5.02 Å². The predicted molar refractivity (Wildman–Crippen MR) is 66.7 cm³/mol. The monoisotopic (exact) mass is 242 g/mol. The first-order valence-electron chi connectivity index (χ1n) is 5.65. The number of pyridine rings is 1. The van der Waals surface area contributed by atoms with Gasteiger partial charge in [0.25, 0.3) is 0 Å². The lowest BCUT2D eigenvalue weighted by Crippen LogP contribution is -2.23. The van der Waals surface area contributed by atoms with E-state index >= 15 is 0 Å². The lowest BCUT2D eigenvalue weighted by molar-refractivity contribution is 0.142. The van der Waals surface area contributed by atoms with E-state index in [-0.39, 0.29) is 6.04 Å². The van der Waals surface area contributed by atoms with Gasteiger partial charge < -0.3 is 10.5 Å². The second-order valence-electron chi connectivity index (χ2n) is 3.77. The van der Waals surface area contributed by atoms with Gasteiger partial charge in [-0.25, -0.2) is 0 Å². The number of hydrogen-bond acceptors (Lipinski definition) is 3. The van der Waals surface area contributed by atoms with Crippen molar-refractivity contribution in [2.75, 3.05) is 13.2 Å². The van der Waals surface area contributed by atoms with Crippen LogP contribution in [0.3, 0.4) is 0 Å². The highest BCUT2D eigenvalue weighted by molar-refractivity contribution is 6.31. The molecule has 0 amide bonds. The van der Waals surface area contributed by atoms with Crippen molar-refractivity contribution in [3.8, 4) is 0 Å². The van der Waals surface area contributed by atoms with Crippen LogP contribution in [0.4, 0.5) is 0 Å². The van der Waals surface area contributed by atoms with Gasteiger partial charge in [0.1, 0.15) is 0 Å². The molecule has 0 aliphatic carbocycles. The highest BCUT2D eigenvalue weighted by atomic mass is 35.5. The summed E-state index contributed by atoms with van der Waals surface area (Å²) in [4.78, 5) is 3.95. The molecule has 0 spiro atoms. The van der Waals surface area contributed by atoms with Crippen LogP contribution in [0.5, 0.6) is 0 Å². The molecule has 0 radical (unpaired) electrons. The van der Waals surface area contributed by atoms with E-state index in [4.69, 9.17) is 22.1 Å². The maximum atomic E-state index is 6.02. The zero-order valence-electron chi connectivity index (χ0n) is 9.66. The average Bonchev–Trinajstić information content (AvgIpc) is 2.28. The fourth-order valence-electron chi connectivity index (χ4n) is 1.55. The highest BCUT2D eigenvalue weighted by Gasteiger charge is 2.06. The Bertz CT molecular complexity index is 307. The Balaban J connectivity index is 2.28. The molecule has 4 heteroatoms. The third-order valence-corrected chi connectivity index (χ3v) is 2.75. The molecule has 0 saturated carbocycles. The number of aromatic nitrogens is 1. The number of rotatable bonds is 7. The first-order valence-corrected chi connectivity index (χ1v) is 6.03. The Kier molecular flexibility index (Phi) is 6.38. The van der Waals surface area contributed by atoms with Crippen molar-refractivity contribution in [1.29, 1.82) is 0 Å². The zero-order valence-corrected chi connectivity index (χ0v) is 10.4. The maximum Gasteiger partial charge on any atom is 0.0621 e. The van der Waals surface area contributed by atoms with Crippen LogP contribution in [0.1, 0.15) is 25.3 Å². The van der Waals surface area contributed by atoms with Gasteiger partial charge >= 0.3 is 0 Å². The van der Waals surface area contributed by atoms with Crippen LogP contribution in [0.15, 0.2) is 18.5 Å². The molecule has 1 heterocycles. The van der Waals surface area contributed by atoms with E-state index in [1.807, 2.05) is 13.0 Å². The predicted octanol–water partition coefficient (Wildman–Crippen LogP) is 2.42. The van der Waals surface area contributed by atoms with Gasteiger partial charge in [0.2, 0.25) is 0 Å². The standard InChI is InChI=1S/C12H19ClN2O/c1-2-16-7-3-4-11(14)8-10-5-6-15-9-12(10)13/h5-6,9,11H,2-4,7-8,14H2,1H3. The number of nitrogens with two attached hydrogens (primary N) is 1. The second kappa shape index (κ2) is 7.60. The SMILES string of the molecule is CCOCCCC(N)Cc1ccncc1Cl. The van der Waals surface area contributed by atoms with Gasteiger partial charge in [-0.1, -0.05) is 11.6 Å². The lowest BCUT2D eigenvalue weighted by Gasteiger charge is -2.12. The van der Waals surface area contributed by atoms with Gasteiger partial charge in [-0.3, -0.25) is 4.98 Å². The van der Waals surface area contributed by atoms with Crippen molar-refractivity contribution < 1.29 is 4.74 Å². The van der Waals surface area contributed by atoms with Crippen molar-refractivity contribution >= 4 is 11.6 Å². The van der Waals surface area contributed by atoms with E-state index in [9.17, 15) is 0 Å². The fourth-order valence-corrected chi connectivity index (χ4v) is 1.74. The maximum absolute atomic E-state index is 6.02. The van der Waals surface area contributed by atoms with Crippen LogP contribution < -0.4 is 5.73 Å². The topological polar surface area (TPSA) is 48.1 Å². The Morgan fingerprint density at radius 2 is 2.38 bits per heavy atom. The minimum Gasteiger partial charge on any atom is -0.382 e. The van der Waals surface area contributed by atoms with Crippen LogP contribution in [0.2, 0.25) is 5.02 Å². The summed E-state index contributed by atoms with van der Waals surface area (Å²) in [5.41, 5.74) is 7.09. The zero-order chi connectivity index (χ0) is 11.8. The Labute approximate surface area is 102 Å². The molecule has 0 fully saturated rings. The number of hydrogen-bond donors (Lipinski definition) is 1. The number of nitrogens with zero attached hydrogens (tertiary/aromatic N) is 1. The summed E-state index contributed by atoms with van der Waals surface area (Å²) < 4.78 is 5.27. The van der Waals surface area contributed by atoms with Crippen LogP contribution in [0.25, 0.3) is 0 Å². The molecule has 0 aliphatic heterocycles. The molecule has 0 aliphatic rings. The number of ether oxygens (including phenoxy) is 1. The van der Waals surface area contributed by atoms with E-state index in [1.54, 1.807) is 12.4 Å². The molecular weight excluding hydrogens is 224 g/mol. The summed E-state index contributed by atoms with van der Waals surface area (Å²) in [6.45, 7) is 3.55. The molecule has 1 rings (SSSR count). The summed E-state index contributed by atoms with van der Waals surface area (Å²) in [6.07, 6.45) is 6.15. The van der Waals surface area contributed by atoms with Crippen molar-refractivity contribution in [2.45, 2.75) is 32.2 Å². The van der Waals surface area contributed by atoms with E-state index in [0.717, 1.165) is 38.0 Å². The van der Waals surface area contributed by atoms with Crippen LogP contribution in [-0.4, -0.2) is 24.2 Å². The van der Waals surface area contributed by atoms with Crippen molar-refractivity contribution in [3.05, 3.63) is 29.0 Å². The van der Waals surface area contributed by atoms with Gasteiger partial charge in [-0.2, -0.15) is 0 Å². The summed E-state index contributed by atoms with van der Waals surface area (Å²) >= 11 is 6.01. The second-order valence-corrected chi connectivity index (χ2v) is 4.18. The molecule has 1 aromatic heterocycles. The minimum absolute atomic E-state index is 0.139. The normalized spacial score (nSPS) is 12.7. The third-order valence-electron chi connectivity index (χ3n) is 2.41. The van der Waals surface area contributed by atoms with Crippen molar-refractivity contribution in [2.24, 2.45) is 5.73 Å². The smallest absolute Gasteiger partial charge is 0.0621 e. The summed E-state index contributed by atoms with van der Waals surface area (Å²) in [6, 6.07) is 2.06. The Hall–Kier alpha value is -0.640. The first-order chi connectivity index (χ1) is 7.74. The van der Waals surface area contributed by atoms with Crippen LogP contribution >= 0.6 is 11.6 Å². The summed E-state index contributed by atoms with van der Waals surface area (Å²) in [5.74, 6) is 0. The largest absolute Gasteiger partial charge is 0.382 e. The van der Waals surface area contributed by atoms with Crippen LogP contribution in [-0.2, 0) is 11.2 Å². The Morgan fingerprint density at radius 3 is 3.06 bits per heavy atom. The van der Waals surface area contributed by atoms with Crippen LogP contribution in [0, 0.1) is 0 Å². The minimum atomic E-state index is 0.139. The molecule has 1 aromatic rings. The van der Waals surface area contributed by atoms with E-state index < -0.39 is 0 Å². The first kappa shape index (κ1) is 13.4. The quantitative estimate of drug-likeness (QED) is 0.747. The molecule has 0 saturated heterocycles. The summed E-state index contributed by atoms with van der Waals surface area (Å²) in [5, 5.41) is 0.697. The number of halogens is 1. The summed E-state index contributed by atoms with van der Waals surface area (Å²) in [7, 11) is 0.